The van der Waals surface area contributed by atoms with Gasteiger partial charge in [-0.15, -0.1) is 0 Å². The number of amides is 2. The van der Waals surface area contributed by atoms with Gasteiger partial charge in [0.15, 0.2) is 0 Å². The van der Waals surface area contributed by atoms with Gasteiger partial charge in [0.05, 0.1) is 5.52 Å². The predicted octanol–water partition coefficient (Wildman–Crippen LogP) is 1.05. The highest BCUT2D eigenvalue weighted by atomic mass is 16.2. The Balaban J connectivity index is 2.19. The molecule has 0 spiro atoms. The van der Waals surface area contributed by atoms with Crippen LogP contribution in [0.15, 0.2) is 36.5 Å². The van der Waals surface area contributed by atoms with Gasteiger partial charge in [0, 0.05) is 17.3 Å². The molecule has 0 atom stereocenters. The molecule has 0 aliphatic rings. The summed E-state index contributed by atoms with van der Waals surface area (Å²) in [6, 6.07) is 9.04. The minimum atomic E-state index is -0.648. The molecular formula is C12H11N3O2. The first-order valence-corrected chi connectivity index (χ1v) is 5.08. The van der Waals surface area contributed by atoms with Gasteiger partial charge in [0.25, 0.3) is 0 Å². The number of nitrogens with two attached hydrogens (primary N) is 1. The Labute approximate surface area is 97.6 Å². The summed E-state index contributed by atoms with van der Waals surface area (Å²) < 4.78 is 0. The van der Waals surface area contributed by atoms with Gasteiger partial charge < -0.3 is 11.1 Å². The molecule has 0 aliphatic heterocycles. The van der Waals surface area contributed by atoms with Crippen molar-refractivity contribution in [2.24, 2.45) is 5.73 Å². The first-order chi connectivity index (χ1) is 8.15. The summed E-state index contributed by atoms with van der Waals surface area (Å²) in [6.45, 7) is 0. The van der Waals surface area contributed by atoms with Crippen LogP contribution in [0, 0.1) is 0 Å². The molecular weight excluding hydrogens is 218 g/mol. The van der Waals surface area contributed by atoms with Crippen molar-refractivity contribution in [3.05, 3.63) is 36.5 Å². The number of nitrogens with zero attached hydrogens (tertiary/aromatic N) is 1. The van der Waals surface area contributed by atoms with Gasteiger partial charge in [0.1, 0.15) is 6.42 Å². The molecule has 2 rings (SSSR count). The van der Waals surface area contributed by atoms with E-state index < -0.39 is 11.8 Å². The van der Waals surface area contributed by atoms with Gasteiger partial charge in [0.2, 0.25) is 11.8 Å². The number of hydrogen-bond donors (Lipinski definition) is 2. The quantitative estimate of drug-likeness (QED) is 0.771. The van der Waals surface area contributed by atoms with E-state index in [2.05, 4.69) is 10.3 Å². The van der Waals surface area contributed by atoms with Crippen molar-refractivity contribution in [3.63, 3.8) is 0 Å². The summed E-state index contributed by atoms with van der Waals surface area (Å²) in [6.07, 6.45) is 1.39. The molecule has 0 bridgehead atoms. The van der Waals surface area contributed by atoms with Crippen LogP contribution in [0.5, 0.6) is 0 Å². The highest BCUT2D eigenvalue weighted by molar-refractivity contribution is 6.03. The largest absolute Gasteiger partial charge is 0.369 e. The number of pyridine rings is 1. The van der Waals surface area contributed by atoms with Crippen LogP contribution in [0.1, 0.15) is 6.42 Å². The average molecular weight is 229 g/mol. The average Bonchev–Trinajstić information content (AvgIpc) is 2.27. The highest BCUT2D eigenvalue weighted by Crippen LogP contribution is 2.16. The molecule has 2 aromatic rings. The van der Waals surface area contributed by atoms with Crippen molar-refractivity contribution in [1.29, 1.82) is 0 Å². The van der Waals surface area contributed by atoms with E-state index in [1.165, 1.54) is 0 Å². The number of rotatable bonds is 3. The lowest BCUT2D eigenvalue weighted by Gasteiger charge is -2.04. The molecule has 5 heteroatoms. The fraction of sp³-hybridized carbons (Fsp3) is 0.0833. The maximum absolute atomic E-state index is 11.3. The molecule has 0 radical (unpaired) electrons. The van der Waals surface area contributed by atoms with E-state index in [0.29, 0.717) is 5.69 Å². The second kappa shape index (κ2) is 4.61. The van der Waals surface area contributed by atoms with Crippen LogP contribution in [0.4, 0.5) is 5.69 Å². The number of aromatic nitrogens is 1. The number of anilines is 1. The van der Waals surface area contributed by atoms with Crippen LogP contribution >= 0.6 is 0 Å². The Morgan fingerprint density at radius 2 is 2.12 bits per heavy atom. The van der Waals surface area contributed by atoms with Crippen molar-refractivity contribution in [1.82, 2.24) is 4.98 Å². The van der Waals surface area contributed by atoms with E-state index in [4.69, 9.17) is 5.73 Å². The minimum absolute atomic E-state index is 0.314. The van der Waals surface area contributed by atoms with Gasteiger partial charge in [-0.05, 0) is 24.3 Å². The van der Waals surface area contributed by atoms with Crippen LogP contribution in [-0.4, -0.2) is 16.8 Å². The molecule has 2 amide bonds. The molecule has 0 unspecified atom stereocenters. The lowest BCUT2D eigenvalue weighted by atomic mass is 10.2. The number of primary amides is 1. The van der Waals surface area contributed by atoms with E-state index in [9.17, 15) is 9.59 Å². The van der Waals surface area contributed by atoms with Crippen molar-refractivity contribution < 1.29 is 9.59 Å². The third-order valence-corrected chi connectivity index (χ3v) is 2.22. The Morgan fingerprint density at radius 1 is 1.29 bits per heavy atom. The van der Waals surface area contributed by atoms with Crippen LogP contribution in [-0.2, 0) is 9.59 Å². The summed E-state index contributed by atoms with van der Waals surface area (Å²) in [4.78, 5) is 26.1. The summed E-state index contributed by atoms with van der Waals surface area (Å²) in [5.74, 6) is -1.06. The standard InChI is InChI=1S/C12H11N3O2/c13-11(16)7-12(17)15-9-3-4-10-8(6-9)2-1-5-14-10/h1-6H,7H2,(H2,13,16)(H,15,17). The molecule has 0 saturated carbocycles. The fourth-order valence-corrected chi connectivity index (χ4v) is 1.52. The van der Waals surface area contributed by atoms with E-state index >= 15 is 0 Å². The molecule has 17 heavy (non-hydrogen) atoms. The number of hydrogen-bond acceptors (Lipinski definition) is 3. The molecule has 3 N–H and O–H groups in total. The number of carbonyl (C=O) groups is 2. The lowest BCUT2D eigenvalue weighted by molar-refractivity contribution is -0.124. The third-order valence-electron chi connectivity index (χ3n) is 2.22. The maximum atomic E-state index is 11.3. The fourth-order valence-electron chi connectivity index (χ4n) is 1.52. The second-order valence-electron chi connectivity index (χ2n) is 3.60. The molecule has 5 nitrogen and oxygen atoms in total. The van der Waals surface area contributed by atoms with Crippen molar-refractivity contribution >= 4 is 28.4 Å². The Hall–Kier alpha value is -2.43. The minimum Gasteiger partial charge on any atom is -0.369 e. The first-order valence-electron chi connectivity index (χ1n) is 5.08. The second-order valence-corrected chi connectivity index (χ2v) is 3.60. The van der Waals surface area contributed by atoms with Crippen molar-refractivity contribution in [2.45, 2.75) is 6.42 Å². The molecule has 0 fully saturated rings. The number of benzene rings is 1. The van der Waals surface area contributed by atoms with Gasteiger partial charge in [-0.1, -0.05) is 6.07 Å². The van der Waals surface area contributed by atoms with Gasteiger partial charge >= 0.3 is 0 Å². The number of nitrogens with one attached hydrogen (secondary N) is 1. The van der Waals surface area contributed by atoms with Gasteiger partial charge in [-0.2, -0.15) is 0 Å². The summed E-state index contributed by atoms with van der Waals surface area (Å²) in [5.41, 5.74) is 6.40. The van der Waals surface area contributed by atoms with Gasteiger partial charge in [-0.3, -0.25) is 14.6 Å². The van der Waals surface area contributed by atoms with Gasteiger partial charge in [-0.25, -0.2) is 0 Å². The Kier molecular flexibility index (Phi) is 3.00. The zero-order valence-electron chi connectivity index (χ0n) is 9.01. The molecule has 0 aliphatic carbocycles. The smallest absolute Gasteiger partial charge is 0.233 e. The topological polar surface area (TPSA) is 85.1 Å². The van der Waals surface area contributed by atoms with Crippen molar-refractivity contribution in [3.8, 4) is 0 Å². The number of carbonyl (C=O) groups excluding carboxylic acids is 2. The maximum Gasteiger partial charge on any atom is 0.233 e. The number of fused-ring (bicyclic) bond motifs is 1. The van der Waals surface area contributed by atoms with E-state index in [-0.39, 0.29) is 6.42 Å². The lowest BCUT2D eigenvalue weighted by Crippen LogP contribution is -2.21. The van der Waals surface area contributed by atoms with E-state index in [1.807, 2.05) is 12.1 Å². The zero-order valence-corrected chi connectivity index (χ0v) is 9.01. The summed E-state index contributed by atoms with van der Waals surface area (Å²) in [5, 5.41) is 3.52. The molecule has 86 valence electrons. The van der Waals surface area contributed by atoms with Crippen LogP contribution in [0.3, 0.4) is 0 Å². The third kappa shape index (κ3) is 2.78. The highest BCUT2D eigenvalue weighted by Gasteiger charge is 2.06. The van der Waals surface area contributed by atoms with E-state index in [0.717, 1.165) is 10.9 Å². The summed E-state index contributed by atoms with van der Waals surface area (Å²) in [7, 11) is 0. The van der Waals surface area contributed by atoms with Crippen molar-refractivity contribution in [2.75, 3.05) is 5.32 Å². The monoisotopic (exact) mass is 229 g/mol. The molecule has 1 heterocycles. The molecule has 1 aromatic heterocycles. The Bertz CT molecular complexity index is 581. The normalized spacial score (nSPS) is 10.1. The summed E-state index contributed by atoms with van der Waals surface area (Å²) >= 11 is 0. The zero-order chi connectivity index (χ0) is 12.3. The Morgan fingerprint density at radius 3 is 2.88 bits per heavy atom. The van der Waals surface area contributed by atoms with Crippen LogP contribution in [0.2, 0.25) is 0 Å². The molecule has 0 saturated heterocycles. The van der Waals surface area contributed by atoms with Crippen LogP contribution < -0.4 is 11.1 Å². The first kappa shape index (κ1) is 11.1. The van der Waals surface area contributed by atoms with E-state index in [1.54, 1.807) is 24.4 Å². The van der Waals surface area contributed by atoms with Crippen LogP contribution in [0.25, 0.3) is 10.9 Å². The SMILES string of the molecule is NC(=O)CC(=O)Nc1ccc2ncccc2c1. The molecule has 1 aromatic carbocycles. The predicted molar refractivity (Wildman–Crippen MR) is 64.2 cm³/mol.